The van der Waals surface area contributed by atoms with Gasteiger partial charge in [0.2, 0.25) is 0 Å². The molecule has 1 fully saturated rings. The first-order valence-corrected chi connectivity index (χ1v) is 8.58. The highest BCUT2D eigenvalue weighted by molar-refractivity contribution is 5.77. The molecule has 5 nitrogen and oxygen atoms in total. The molecule has 0 radical (unpaired) electrons. The fourth-order valence-electron chi connectivity index (χ4n) is 2.82. The molecule has 132 valence electrons. The molecule has 1 N–H and O–H groups in total. The van der Waals surface area contributed by atoms with E-state index >= 15 is 0 Å². The van der Waals surface area contributed by atoms with E-state index in [9.17, 15) is 9.18 Å². The summed E-state index contributed by atoms with van der Waals surface area (Å²) >= 11 is 0. The number of carbonyl (C=O) groups excluding carboxylic acids is 1. The van der Waals surface area contributed by atoms with Crippen LogP contribution >= 0.6 is 0 Å². The van der Waals surface area contributed by atoms with Gasteiger partial charge in [0.05, 0.1) is 18.6 Å². The molecule has 0 aliphatic heterocycles. The average Bonchev–Trinajstić information content (AvgIpc) is 3.38. The maximum Gasteiger partial charge on any atom is 0.150 e. The number of benzene rings is 1. The Morgan fingerprint density at radius 3 is 2.92 bits per heavy atom. The molecule has 2 aromatic heterocycles. The van der Waals surface area contributed by atoms with Gasteiger partial charge in [-0.15, -0.1) is 0 Å². The number of halogens is 1. The molecule has 4 rings (SSSR count). The second-order valence-electron chi connectivity index (χ2n) is 6.51. The second-order valence-corrected chi connectivity index (χ2v) is 6.51. The average molecular weight is 351 g/mol. The van der Waals surface area contributed by atoms with Crippen molar-refractivity contribution in [2.24, 2.45) is 5.92 Å². The molecule has 3 aromatic rings. The van der Waals surface area contributed by atoms with Crippen LogP contribution in [0.4, 0.5) is 4.39 Å². The lowest BCUT2D eigenvalue weighted by atomic mass is 10.1. The van der Waals surface area contributed by atoms with Crippen LogP contribution < -0.4 is 4.74 Å². The summed E-state index contributed by atoms with van der Waals surface area (Å²) in [6.07, 6.45) is 6.81. The molecule has 6 heteroatoms. The van der Waals surface area contributed by atoms with Gasteiger partial charge in [-0.3, -0.25) is 9.78 Å². The van der Waals surface area contributed by atoms with E-state index in [0.29, 0.717) is 41.6 Å². The Morgan fingerprint density at radius 2 is 2.12 bits per heavy atom. The van der Waals surface area contributed by atoms with Crippen LogP contribution in [-0.2, 0) is 6.42 Å². The number of nitrogens with one attached hydrogen (secondary N) is 1. The molecule has 0 atom stereocenters. The van der Waals surface area contributed by atoms with E-state index in [4.69, 9.17) is 4.74 Å². The van der Waals surface area contributed by atoms with Gasteiger partial charge in [-0.25, -0.2) is 9.37 Å². The van der Waals surface area contributed by atoms with E-state index in [1.165, 1.54) is 25.0 Å². The van der Waals surface area contributed by atoms with Crippen LogP contribution in [0, 0.1) is 11.7 Å². The smallest absolute Gasteiger partial charge is 0.150 e. The maximum absolute atomic E-state index is 13.7. The van der Waals surface area contributed by atoms with Crippen LogP contribution in [-0.4, -0.2) is 27.8 Å². The lowest BCUT2D eigenvalue weighted by molar-refractivity contribution is 0.112. The third kappa shape index (κ3) is 3.64. The Balaban J connectivity index is 1.62. The number of carbonyl (C=O) groups is 1. The van der Waals surface area contributed by atoms with Gasteiger partial charge in [-0.2, -0.15) is 0 Å². The fourth-order valence-corrected chi connectivity index (χ4v) is 2.82. The number of nitrogens with zero attached hydrogens (tertiary/aromatic N) is 2. The highest BCUT2D eigenvalue weighted by atomic mass is 19.1. The molecule has 1 saturated carbocycles. The Kier molecular flexibility index (Phi) is 4.48. The third-order valence-corrected chi connectivity index (χ3v) is 4.45. The van der Waals surface area contributed by atoms with Gasteiger partial charge in [0.1, 0.15) is 23.5 Å². The molecule has 0 bridgehead atoms. The molecule has 26 heavy (non-hydrogen) atoms. The van der Waals surface area contributed by atoms with Crippen molar-refractivity contribution in [3.8, 4) is 17.1 Å². The summed E-state index contributed by atoms with van der Waals surface area (Å²) < 4.78 is 19.5. The van der Waals surface area contributed by atoms with E-state index in [1.54, 1.807) is 30.7 Å². The van der Waals surface area contributed by atoms with E-state index in [0.717, 1.165) is 17.5 Å². The van der Waals surface area contributed by atoms with Crippen LogP contribution in [0.1, 0.15) is 34.5 Å². The van der Waals surface area contributed by atoms with Gasteiger partial charge in [-0.1, -0.05) is 6.07 Å². The van der Waals surface area contributed by atoms with Gasteiger partial charge in [0, 0.05) is 35.5 Å². The molecule has 0 amide bonds. The maximum atomic E-state index is 13.7. The monoisotopic (exact) mass is 351 g/mol. The summed E-state index contributed by atoms with van der Waals surface area (Å²) in [6.45, 7) is 0.620. The van der Waals surface area contributed by atoms with E-state index in [-0.39, 0.29) is 5.82 Å². The lowest BCUT2D eigenvalue weighted by Gasteiger charge is -2.12. The standard InChI is InChI=1S/C20H18FN3O2/c21-16-4-3-15(19(9-16)26-11-13-1-2-13)8-18-20(24-12-23-18)17-7-14(10-25)5-6-22-17/h3-7,9-10,12-13H,1-2,8,11H2,(H,23,24). The number of rotatable bonds is 7. The second kappa shape index (κ2) is 7.07. The molecule has 1 aromatic carbocycles. The quantitative estimate of drug-likeness (QED) is 0.658. The molecular formula is C20H18FN3O2. The molecule has 0 unspecified atom stereocenters. The number of aldehydes is 1. The van der Waals surface area contributed by atoms with Gasteiger partial charge in [0.25, 0.3) is 0 Å². The molecule has 2 heterocycles. The Labute approximate surface area is 150 Å². The topological polar surface area (TPSA) is 67.9 Å². The van der Waals surface area contributed by atoms with E-state index in [1.807, 2.05) is 0 Å². The summed E-state index contributed by atoms with van der Waals surface area (Å²) in [5.41, 5.74) is 3.55. The highest BCUT2D eigenvalue weighted by Gasteiger charge is 2.23. The summed E-state index contributed by atoms with van der Waals surface area (Å²) in [4.78, 5) is 22.8. The Morgan fingerprint density at radius 1 is 1.23 bits per heavy atom. The summed E-state index contributed by atoms with van der Waals surface area (Å²) in [5.74, 6) is 0.834. The van der Waals surface area contributed by atoms with Crippen molar-refractivity contribution in [2.45, 2.75) is 19.3 Å². The van der Waals surface area contributed by atoms with Crippen LogP contribution in [0.15, 0.2) is 42.9 Å². The summed E-state index contributed by atoms with van der Waals surface area (Å²) in [5, 5.41) is 0. The van der Waals surface area contributed by atoms with Crippen molar-refractivity contribution in [3.63, 3.8) is 0 Å². The zero-order valence-electron chi connectivity index (χ0n) is 14.1. The lowest BCUT2D eigenvalue weighted by Crippen LogP contribution is -2.03. The van der Waals surface area contributed by atoms with Gasteiger partial charge in [-0.05, 0) is 37.0 Å². The minimum absolute atomic E-state index is 0.315. The molecular weight excluding hydrogens is 333 g/mol. The summed E-state index contributed by atoms with van der Waals surface area (Å²) in [7, 11) is 0. The molecule has 1 aliphatic carbocycles. The number of ether oxygens (including phenoxy) is 1. The number of aromatic nitrogens is 3. The third-order valence-electron chi connectivity index (χ3n) is 4.45. The molecule has 0 spiro atoms. The van der Waals surface area contributed by atoms with Crippen LogP contribution in [0.3, 0.4) is 0 Å². The number of pyridine rings is 1. The molecule has 1 aliphatic rings. The van der Waals surface area contributed by atoms with Gasteiger partial charge < -0.3 is 9.72 Å². The minimum atomic E-state index is -0.315. The van der Waals surface area contributed by atoms with Crippen molar-refractivity contribution < 1.29 is 13.9 Å². The first kappa shape index (κ1) is 16.4. The van der Waals surface area contributed by atoms with Crippen molar-refractivity contribution in [1.82, 2.24) is 15.0 Å². The van der Waals surface area contributed by atoms with Crippen molar-refractivity contribution in [3.05, 3.63) is 65.5 Å². The summed E-state index contributed by atoms with van der Waals surface area (Å²) in [6, 6.07) is 7.94. The largest absolute Gasteiger partial charge is 0.493 e. The zero-order chi connectivity index (χ0) is 17.9. The van der Waals surface area contributed by atoms with E-state index in [2.05, 4.69) is 15.0 Å². The number of aromatic amines is 1. The number of imidazole rings is 1. The first-order chi connectivity index (χ1) is 12.7. The predicted molar refractivity (Wildman–Crippen MR) is 94.6 cm³/mol. The Bertz CT molecular complexity index is 934. The SMILES string of the molecule is O=Cc1ccnc(-c2nc[nH]c2Cc2ccc(F)cc2OCC2CC2)c1. The molecule has 0 saturated heterocycles. The van der Waals surface area contributed by atoms with Gasteiger partial charge in [0.15, 0.2) is 0 Å². The predicted octanol–water partition coefficient (Wildman–Crippen LogP) is 3.80. The van der Waals surface area contributed by atoms with Gasteiger partial charge >= 0.3 is 0 Å². The minimum Gasteiger partial charge on any atom is -0.493 e. The normalized spacial score (nSPS) is 13.6. The van der Waals surface area contributed by atoms with Crippen molar-refractivity contribution >= 4 is 6.29 Å². The fraction of sp³-hybridized carbons (Fsp3) is 0.250. The van der Waals surface area contributed by atoms with Crippen LogP contribution in [0.25, 0.3) is 11.4 Å². The number of H-pyrrole nitrogens is 1. The van der Waals surface area contributed by atoms with Crippen LogP contribution in [0.2, 0.25) is 0 Å². The van der Waals surface area contributed by atoms with E-state index < -0.39 is 0 Å². The first-order valence-electron chi connectivity index (χ1n) is 8.58. The number of hydrogen-bond acceptors (Lipinski definition) is 4. The van der Waals surface area contributed by atoms with Crippen molar-refractivity contribution in [2.75, 3.05) is 6.61 Å². The highest BCUT2D eigenvalue weighted by Crippen LogP contribution is 2.32. The zero-order valence-corrected chi connectivity index (χ0v) is 14.1. The number of hydrogen-bond donors (Lipinski definition) is 1. The Hall–Kier alpha value is -3.02. The van der Waals surface area contributed by atoms with Crippen LogP contribution in [0.5, 0.6) is 5.75 Å². The van der Waals surface area contributed by atoms with Crippen molar-refractivity contribution in [1.29, 1.82) is 0 Å².